The lowest BCUT2D eigenvalue weighted by atomic mass is 10.0. The van der Waals surface area contributed by atoms with Crippen LogP contribution in [0.4, 0.5) is 10.1 Å². The maximum absolute atomic E-state index is 13.7. The predicted octanol–water partition coefficient (Wildman–Crippen LogP) is 4.73. The van der Waals surface area contributed by atoms with Crippen molar-refractivity contribution in [3.8, 4) is 11.3 Å². The van der Waals surface area contributed by atoms with Crippen LogP contribution in [0.3, 0.4) is 0 Å². The second kappa shape index (κ2) is 6.55. The van der Waals surface area contributed by atoms with Gasteiger partial charge in [0.15, 0.2) is 5.65 Å². The number of halogens is 1. The van der Waals surface area contributed by atoms with Crippen molar-refractivity contribution < 1.29 is 14.0 Å². The van der Waals surface area contributed by atoms with Crippen molar-refractivity contribution in [1.29, 1.82) is 0 Å². The van der Waals surface area contributed by atoms with Crippen LogP contribution in [0.25, 0.3) is 33.1 Å². The lowest BCUT2D eigenvalue weighted by Crippen LogP contribution is -2.29. The van der Waals surface area contributed by atoms with Crippen LogP contribution in [0.5, 0.6) is 0 Å². The molecule has 2 aromatic heterocycles. The van der Waals surface area contributed by atoms with E-state index >= 15 is 0 Å². The minimum Gasteiger partial charge on any atom is -0.268 e. The van der Waals surface area contributed by atoms with E-state index in [-0.39, 0.29) is 16.9 Å². The number of imide groups is 1. The third-order valence-electron chi connectivity index (χ3n) is 5.83. The fourth-order valence-corrected chi connectivity index (χ4v) is 4.36. The first kappa shape index (κ1) is 18.4. The molecule has 154 valence electrons. The van der Waals surface area contributed by atoms with E-state index in [9.17, 15) is 14.0 Å². The first-order chi connectivity index (χ1) is 15.5. The molecule has 32 heavy (non-hydrogen) atoms. The summed E-state index contributed by atoms with van der Waals surface area (Å²) in [5, 5.41) is 6.74. The maximum Gasteiger partial charge on any atom is 0.267 e. The number of aromatic nitrogens is 3. The summed E-state index contributed by atoms with van der Waals surface area (Å²) in [4.78, 5) is 32.7. The summed E-state index contributed by atoms with van der Waals surface area (Å²) >= 11 is 0. The predicted molar refractivity (Wildman–Crippen MR) is 119 cm³/mol. The molecule has 0 atom stereocenters. The van der Waals surface area contributed by atoms with Gasteiger partial charge in [0.25, 0.3) is 11.8 Å². The van der Waals surface area contributed by atoms with Gasteiger partial charge in [-0.05, 0) is 35.7 Å². The number of fused-ring (bicyclic) bond motifs is 4. The SMILES string of the molecule is Cn1nc(-c2ccc(F)cc2)c2c3c(cnc21)C(=O)N(c1cccc2ccccc12)C3=O. The quantitative estimate of drug-likeness (QED) is 0.386. The number of pyridine rings is 1. The highest BCUT2D eigenvalue weighted by Crippen LogP contribution is 2.38. The maximum atomic E-state index is 13.7. The van der Waals surface area contributed by atoms with Gasteiger partial charge in [0.1, 0.15) is 11.5 Å². The van der Waals surface area contributed by atoms with Crippen molar-refractivity contribution in [1.82, 2.24) is 14.8 Å². The van der Waals surface area contributed by atoms with Gasteiger partial charge in [-0.2, -0.15) is 5.10 Å². The number of rotatable bonds is 2. The summed E-state index contributed by atoms with van der Waals surface area (Å²) in [6.07, 6.45) is 1.43. The van der Waals surface area contributed by atoms with Gasteiger partial charge in [0.2, 0.25) is 0 Å². The Balaban J connectivity index is 1.61. The van der Waals surface area contributed by atoms with E-state index in [0.29, 0.717) is 28.0 Å². The minimum atomic E-state index is -0.426. The molecule has 5 aromatic rings. The van der Waals surface area contributed by atoms with Crippen LogP contribution in [-0.2, 0) is 7.05 Å². The van der Waals surface area contributed by atoms with Crippen molar-refractivity contribution in [3.63, 3.8) is 0 Å². The number of carbonyl (C=O) groups is 2. The van der Waals surface area contributed by atoms with Crippen molar-refractivity contribution in [2.24, 2.45) is 7.05 Å². The molecule has 0 aliphatic carbocycles. The van der Waals surface area contributed by atoms with E-state index in [2.05, 4.69) is 10.1 Å². The van der Waals surface area contributed by atoms with Gasteiger partial charge in [0.05, 0.1) is 22.2 Å². The normalized spacial score (nSPS) is 13.4. The topological polar surface area (TPSA) is 68.1 Å². The molecule has 2 amide bonds. The molecule has 3 aromatic carbocycles. The standard InChI is InChI=1S/C25H15FN4O2/c1-29-23-21(22(28-29)15-9-11-16(26)12-10-15)20-18(13-27-23)24(31)30(25(20)32)19-8-4-6-14-5-2-3-7-17(14)19/h2-13H,1H3. The van der Waals surface area contributed by atoms with Crippen LogP contribution in [0.15, 0.2) is 72.9 Å². The van der Waals surface area contributed by atoms with Crippen molar-refractivity contribution in [2.45, 2.75) is 0 Å². The van der Waals surface area contributed by atoms with Gasteiger partial charge in [0, 0.05) is 24.2 Å². The molecule has 0 N–H and O–H groups in total. The van der Waals surface area contributed by atoms with Crippen LogP contribution in [-0.4, -0.2) is 26.6 Å². The smallest absolute Gasteiger partial charge is 0.267 e. The van der Waals surface area contributed by atoms with Crippen LogP contribution in [0.1, 0.15) is 20.7 Å². The molecular formula is C25H15FN4O2. The fourth-order valence-electron chi connectivity index (χ4n) is 4.36. The average molecular weight is 422 g/mol. The number of anilines is 1. The van der Waals surface area contributed by atoms with Crippen molar-refractivity contribution in [3.05, 3.63) is 89.9 Å². The lowest BCUT2D eigenvalue weighted by Gasteiger charge is -2.16. The lowest BCUT2D eigenvalue weighted by molar-refractivity contribution is 0.0927. The summed E-state index contributed by atoms with van der Waals surface area (Å²) in [7, 11) is 1.72. The van der Waals surface area contributed by atoms with Gasteiger partial charge in [-0.1, -0.05) is 36.4 Å². The number of carbonyl (C=O) groups excluding carboxylic acids is 2. The zero-order valence-electron chi connectivity index (χ0n) is 16.9. The molecule has 6 rings (SSSR count). The van der Waals surface area contributed by atoms with E-state index < -0.39 is 11.8 Å². The Morgan fingerprint density at radius 2 is 1.62 bits per heavy atom. The first-order valence-electron chi connectivity index (χ1n) is 10.0. The van der Waals surface area contributed by atoms with Crippen molar-refractivity contribution >= 4 is 39.3 Å². The summed E-state index contributed by atoms with van der Waals surface area (Å²) < 4.78 is 15.0. The zero-order chi connectivity index (χ0) is 22.0. The Bertz CT molecular complexity index is 1580. The van der Waals surface area contributed by atoms with Gasteiger partial charge in [-0.15, -0.1) is 0 Å². The molecule has 1 aliphatic rings. The summed E-state index contributed by atoms with van der Waals surface area (Å²) in [6, 6.07) is 19.0. The van der Waals surface area contributed by atoms with Gasteiger partial charge in [-0.3, -0.25) is 9.59 Å². The average Bonchev–Trinajstić information content (AvgIpc) is 3.28. The van der Waals surface area contributed by atoms with Crippen LogP contribution in [0.2, 0.25) is 0 Å². The van der Waals surface area contributed by atoms with Gasteiger partial charge >= 0.3 is 0 Å². The number of nitrogens with zero attached hydrogens (tertiary/aromatic N) is 4. The first-order valence-corrected chi connectivity index (χ1v) is 10.0. The highest BCUT2D eigenvalue weighted by Gasteiger charge is 2.40. The Morgan fingerprint density at radius 1 is 0.875 bits per heavy atom. The number of hydrogen-bond acceptors (Lipinski definition) is 4. The Kier molecular flexibility index (Phi) is 3.76. The van der Waals surface area contributed by atoms with Crippen LogP contribution in [0, 0.1) is 5.82 Å². The Morgan fingerprint density at radius 3 is 2.44 bits per heavy atom. The van der Waals surface area contributed by atoms with E-state index in [1.165, 1.54) is 23.2 Å². The highest BCUT2D eigenvalue weighted by atomic mass is 19.1. The third kappa shape index (κ3) is 2.45. The van der Waals surface area contributed by atoms with Crippen molar-refractivity contribution in [2.75, 3.05) is 4.90 Å². The van der Waals surface area contributed by atoms with Gasteiger partial charge in [-0.25, -0.2) is 19.0 Å². The molecular weight excluding hydrogens is 407 g/mol. The number of aryl methyl sites for hydroxylation is 1. The second-order valence-electron chi connectivity index (χ2n) is 7.67. The molecule has 0 fully saturated rings. The van der Waals surface area contributed by atoms with Crippen LogP contribution >= 0.6 is 0 Å². The third-order valence-corrected chi connectivity index (χ3v) is 5.83. The zero-order valence-corrected chi connectivity index (χ0v) is 16.9. The number of hydrogen-bond donors (Lipinski definition) is 0. The van der Waals surface area contributed by atoms with Crippen LogP contribution < -0.4 is 4.90 Å². The summed E-state index contributed by atoms with van der Waals surface area (Å²) in [5.41, 5.74) is 2.61. The number of amides is 2. The molecule has 6 nitrogen and oxygen atoms in total. The number of benzene rings is 3. The molecule has 3 heterocycles. The monoisotopic (exact) mass is 422 g/mol. The summed E-state index contributed by atoms with van der Waals surface area (Å²) in [6.45, 7) is 0. The van der Waals surface area contributed by atoms with Gasteiger partial charge < -0.3 is 0 Å². The van der Waals surface area contributed by atoms with E-state index in [0.717, 1.165) is 10.8 Å². The molecule has 7 heteroatoms. The molecule has 0 saturated heterocycles. The summed E-state index contributed by atoms with van der Waals surface area (Å²) in [5.74, 6) is -1.22. The molecule has 0 bridgehead atoms. The van der Waals surface area contributed by atoms with E-state index in [4.69, 9.17) is 0 Å². The van der Waals surface area contributed by atoms with E-state index in [1.807, 2.05) is 36.4 Å². The molecule has 0 unspecified atom stereocenters. The second-order valence-corrected chi connectivity index (χ2v) is 7.67. The minimum absolute atomic E-state index is 0.229. The Labute approximate surface area is 181 Å². The van der Waals surface area contributed by atoms with E-state index in [1.54, 1.807) is 29.9 Å². The molecule has 0 saturated carbocycles. The largest absolute Gasteiger partial charge is 0.268 e. The molecule has 0 radical (unpaired) electrons. The highest BCUT2D eigenvalue weighted by molar-refractivity contribution is 6.39. The Hall–Kier alpha value is -4.39. The molecule has 0 spiro atoms. The fraction of sp³-hybridized carbons (Fsp3) is 0.0400. The molecule has 1 aliphatic heterocycles.